The smallest absolute Gasteiger partial charge is 0.161 e. The molecule has 0 radical (unpaired) electrons. The molecule has 0 spiro atoms. The van der Waals surface area contributed by atoms with Crippen LogP contribution in [0.15, 0.2) is 12.1 Å². The lowest BCUT2D eigenvalue weighted by molar-refractivity contribution is 0.230. The summed E-state index contributed by atoms with van der Waals surface area (Å²) in [5.74, 6) is -2.04. The summed E-state index contributed by atoms with van der Waals surface area (Å²) in [5.41, 5.74) is 6.21. The molecule has 1 atom stereocenters. The Labute approximate surface area is 124 Å². The van der Waals surface area contributed by atoms with Crippen LogP contribution >= 0.6 is 0 Å². The van der Waals surface area contributed by atoms with E-state index in [4.69, 9.17) is 5.73 Å². The topological polar surface area (TPSA) is 26.0 Å². The van der Waals surface area contributed by atoms with Gasteiger partial charge in [0.2, 0.25) is 0 Å². The Morgan fingerprint density at radius 1 is 1.05 bits per heavy atom. The summed E-state index contributed by atoms with van der Waals surface area (Å²) < 4.78 is 40.1. The van der Waals surface area contributed by atoms with Gasteiger partial charge in [0, 0.05) is 17.7 Å². The van der Waals surface area contributed by atoms with Crippen molar-refractivity contribution < 1.29 is 13.2 Å². The Morgan fingerprint density at radius 3 is 2.29 bits per heavy atom. The lowest BCUT2D eigenvalue weighted by Gasteiger charge is -2.32. The summed E-state index contributed by atoms with van der Waals surface area (Å²) in [5, 5.41) is 0. The van der Waals surface area contributed by atoms with Crippen molar-refractivity contribution in [2.75, 3.05) is 0 Å². The fraction of sp³-hybridized carbons (Fsp3) is 0.647. The lowest BCUT2D eigenvalue weighted by Crippen LogP contribution is -2.27. The van der Waals surface area contributed by atoms with Crippen LogP contribution in [-0.4, -0.2) is 0 Å². The minimum atomic E-state index is -1.16. The zero-order chi connectivity index (χ0) is 15.4. The maximum absolute atomic E-state index is 13.8. The summed E-state index contributed by atoms with van der Waals surface area (Å²) in [6.45, 7) is 2.19. The molecule has 2 N–H and O–H groups in total. The van der Waals surface area contributed by atoms with Crippen molar-refractivity contribution >= 4 is 0 Å². The molecule has 1 nitrogen and oxygen atoms in total. The second-order valence-corrected chi connectivity index (χ2v) is 6.24. The molecule has 0 amide bonds. The summed E-state index contributed by atoms with van der Waals surface area (Å²) in [6, 6.07) is 0.961. The highest BCUT2D eigenvalue weighted by molar-refractivity contribution is 5.24. The van der Waals surface area contributed by atoms with Crippen LogP contribution in [0.25, 0.3) is 0 Å². The third kappa shape index (κ3) is 4.00. The van der Waals surface area contributed by atoms with Gasteiger partial charge in [-0.25, -0.2) is 13.2 Å². The van der Waals surface area contributed by atoms with Crippen LogP contribution in [0.3, 0.4) is 0 Å². The predicted octanol–water partition coefficient (Wildman–Crippen LogP) is 5.10. The molecule has 1 saturated carbocycles. The number of unbranched alkanes of at least 4 members (excludes halogenated alkanes) is 1. The number of nitrogens with two attached hydrogens (primary N) is 1. The van der Waals surface area contributed by atoms with E-state index in [1.165, 1.54) is 19.3 Å². The van der Waals surface area contributed by atoms with Crippen molar-refractivity contribution in [3.8, 4) is 0 Å². The molecule has 0 heterocycles. The number of rotatable bonds is 5. The molecule has 21 heavy (non-hydrogen) atoms. The van der Waals surface area contributed by atoms with Crippen LogP contribution in [0.5, 0.6) is 0 Å². The molecule has 1 aromatic carbocycles. The second kappa shape index (κ2) is 7.30. The predicted molar refractivity (Wildman–Crippen MR) is 78.2 cm³/mol. The first-order valence-corrected chi connectivity index (χ1v) is 7.93. The van der Waals surface area contributed by atoms with Gasteiger partial charge in [-0.1, -0.05) is 39.0 Å². The first-order chi connectivity index (χ1) is 10.0. The molecule has 0 bridgehead atoms. The van der Waals surface area contributed by atoms with Crippen molar-refractivity contribution in [1.29, 1.82) is 0 Å². The van der Waals surface area contributed by atoms with E-state index in [1.54, 1.807) is 0 Å². The molecule has 1 unspecified atom stereocenters. The van der Waals surface area contributed by atoms with E-state index >= 15 is 0 Å². The third-order valence-corrected chi connectivity index (χ3v) is 4.76. The first kappa shape index (κ1) is 16.3. The lowest BCUT2D eigenvalue weighted by atomic mass is 9.75. The van der Waals surface area contributed by atoms with Crippen LogP contribution in [0.2, 0.25) is 0 Å². The van der Waals surface area contributed by atoms with Crippen LogP contribution in [-0.2, 0) is 0 Å². The first-order valence-electron chi connectivity index (χ1n) is 7.93. The maximum Gasteiger partial charge on any atom is 0.161 e. The normalized spacial score (nSPS) is 24.0. The minimum Gasteiger partial charge on any atom is -0.324 e. The summed E-state index contributed by atoms with van der Waals surface area (Å²) in [6.07, 6.45) is 7.78. The highest BCUT2D eigenvalue weighted by Gasteiger charge is 2.28. The fourth-order valence-electron chi connectivity index (χ4n) is 3.38. The van der Waals surface area contributed by atoms with Crippen LogP contribution in [0.1, 0.15) is 63.5 Å². The molecule has 0 aromatic heterocycles. The van der Waals surface area contributed by atoms with Crippen LogP contribution < -0.4 is 5.73 Å². The molecule has 1 aliphatic rings. The standard InChI is InChI=1S/C17H24F3N/c1-2-3-4-11-5-7-12(8-6-11)17(21)13-9-15(19)16(20)10-14(13)18/h9-12,17H,2-8,21H2,1H3. The van der Waals surface area contributed by atoms with Gasteiger partial charge in [0.1, 0.15) is 5.82 Å². The summed E-state index contributed by atoms with van der Waals surface area (Å²) in [7, 11) is 0. The number of halogens is 3. The number of benzene rings is 1. The minimum absolute atomic E-state index is 0.103. The third-order valence-electron chi connectivity index (χ3n) is 4.76. The van der Waals surface area contributed by atoms with Crippen molar-refractivity contribution in [2.45, 2.75) is 57.9 Å². The molecule has 1 aromatic rings. The zero-order valence-corrected chi connectivity index (χ0v) is 12.5. The zero-order valence-electron chi connectivity index (χ0n) is 12.5. The molecule has 0 saturated heterocycles. The van der Waals surface area contributed by atoms with Crippen molar-refractivity contribution in [3.63, 3.8) is 0 Å². The van der Waals surface area contributed by atoms with Gasteiger partial charge >= 0.3 is 0 Å². The molecule has 0 aliphatic heterocycles. The van der Waals surface area contributed by atoms with Gasteiger partial charge in [-0.2, -0.15) is 0 Å². The SMILES string of the molecule is CCCCC1CCC(C(N)c2cc(F)c(F)cc2F)CC1. The second-order valence-electron chi connectivity index (χ2n) is 6.24. The van der Waals surface area contributed by atoms with E-state index in [2.05, 4.69) is 6.92 Å². The van der Waals surface area contributed by atoms with Crippen molar-refractivity contribution in [1.82, 2.24) is 0 Å². The Balaban J connectivity index is 1.99. The van der Waals surface area contributed by atoms with E-state index in [1.807, 2.05) is 0 Å². The highest BCUT2D eigenvalue weighted by Crippen LogP contribution is 2.38. The van der Waals surface area contributed by atoms with Gasteiger partial charge in [-0.05, 0) is 30.7 Å². The summed E-state index contributed by atoms with van der Waals surface area (Å²) in [4.78, 5) is 0. The van der Waals surface area contributed by atoms with E-state index in [0.29, 0.717) is 6.07 Å². The van der Waals surface area contributed by atoms with Gasteiger partial charge in [-0.15, -0.1) is 0 Å². The largest absolute Gasteiger partial charge is 0.324 e. The van der Waals surface area contributed by atoms with Crippen LogP contribution in [0, 0.1) is 29.3 Å². The number of hydrogen-bond donors (Lipinski definition) is 1. The quantitative estimate of drug-likeness (QED) is 0.752. The Morgan fingerprint density at radius 2 is 1.67 bits per heavy atom. The van der Waals surface area contributed by atoms with E-state index in [9.17, 15) is 13.2 Å². The maximum atomic E-state index is 13.8. The molecule has 1 fully saturated rings. The molecular formula is C17H24F3N. The number of hydrogen-bond acceptors (Lipinski definition) is 1. The Hall–Kier alpha value is -1.03. The van der Waals surface area contributed by atoms with E-state index < -0.39 is 23.5 Å². The van der Waals surface area contributed by atoms with Crippen molar-refractivity contribution in [3.05, 3.63) is 35.1 Å². The average Bonchev–Trinajstić information content (AvgIpc) is 2.48. The average molecular weight is 299 g/mol. The van der Waals surface area contributed by atoms with Crippen LogP contribution in [0.4, 0.5) is 13.2 Å². The fourth-order valence-corrected chi connectivity index (χ4v) is 3.38. The molecule has 4 heteroatoms. The van der Waals surface area contributed by atoms with Gasteiger partial charge < -0.3 is 5.73 Å². The molecule has 1 aliphatic carbocycles. The Kier molecular flexibility index (Phi) is 5.68. The Bertz CT molecular complexity index is 467. The summed E-state index contributed by atoms with van der Waals surface area (Å²) >= 11 is 0. The van der Waals surface area contributed by atoms with Gasteiger partial charge in [0.05, 0.1) is 0 Å². The van der Waals surface area contributed by atoms with Gasteiger partial charge in [0.15, 0.2) is 11.6 Å². The van der Waals surface area contributed by atoms with Gasteiger partial charge in [0.25, 0.3) is 0 Å². The van der Waals surface area contributed by atoms with E-state index in [0.717, 1.165) is 37.7 Å². The van der Waals surface area contributed by atoms with Gasteiger partial charge in [-0.3, -0.25) is 0 Å². The molecular weight excluding hydrogens is 275 g/mol. The molecule has 118 valence electrons. The van der Waals surface area contributed by atoms with Crippen molar-refractivity contribution in [2.24, 2.45) is 17.6 Å². The monoisotopic (exact) mass is 299 g/mol. The highest BCUT2D eigenvalue weighted by atomic mass is 19.2. The molecule has 2 rings (SSSR count). The van der Waals surface area contributed by atoms with E-state index in [-0.39, 0.29) is 11.5 Å².